The van der Waals surface area contributed by atoms with Crippen LogP contribution >= 0.6 is 0 Å². The van der Waals surface area contributed by atoms with Gasteiger partial charge in [0.1, 0.15) is 24.5 Å². The summed E-state index contributed by atoms with van der Waals surface area (Å²) in [5, 5.41) is 26.9. The smallest absolute Gasteiger partial charge is 0.408 e. The number of phenols is 1. The average molecular weight is 531 g/mol. The van der Waals surface area contributed by atoms with Gasteiger partial charge in [0.2, 0.25) is 0 Å². The highest BCUT2D eigenvalue weighted by molar-refractivity contribution is 6.02. The standard InChI is InChI=1S/C29H30N4O6/c1-4-38-28(36)25(13-18(2)3)32-29(37)39-17-21-8-6-9-23-20(7-5-10-24(21)23)16-31-33-27(35)19-11-12-26(34)22(14-19)15-30/h5-12,14,16,18,25,34H,4,13,17H2,1-3H3,(H,32,37)(H,33,35)/b31-16+. The molecule has 0 aliphatic heterocycles. The first-order valence-corrected chi connectivity index (χ1v) is 12.4. The fourth-order valence-corrected chi connectivity index (χ4v) is 3.89. The van der Waals surface area contributed by atoms with Crippen molar-refractivity contribution in [3.05, 3.63) is 76.9 Å². The van der Waals surface area contributed by atoms with Crippen LogP contribution in [0, 0.1) is 17.2 Å². The van der Waals surface area contributed by atoms with Gasteiger partial charge < -0.3 is 19.9 Å². The molecule has 3 rings (SSSR count). The largest absolute Gasteiger partial charge is 0.507 e. The molecule has 202 valence electrons. The number of hydrogen-bond donors (Lipinski definition) is 3. The Morgan fingerprint density at radius 3 is 2.54 bits per heavy atom. The number of benzene rings is 3. The van der Waals surface area contributed by atoms with E-state index in [1.165, 1.54) is 24.4 Å². The minimum atomic E-state index is -0.795. The number of carbonyl (C=O) groups excluding carboxylic acids is 3. The third kappa shape index (κ3) is 7.79. The minimum absolute atomic E-state index is 0.0135. The summed E-state index contributed by atoms with van der Waals surface area (Å²) in [5.41, 5.74) is 4.03. The number of nitrogens with one attached hydrogen (secondary N) is 2. The quantitative estimate of drug-likeness (QED) is 0.200. The Balaban J connectivity index is 1.69. The van der Waals surface area contributed by atoms with E-state index in [1.54, 1.807) is 6.92 Å². The Kier molecular flexibility index (Phi) is 9.98. The third-order valence-electron chi connectivity index (χ3n) is 5.72. The van der Waals surface area contributed by atoms with Crippen molar-refractivity contribution in [3.63, 3.8) is 0 Å². The number of alkyl carbamates (subject to hydrolysis) is 1. The van der Waals surface area contributed by atoms with Crippen molar-refractivity contribution in [3.8, 4) is 11.8 Å². The summed E-state index contributed by atoms with van der Waals surface area (Å²) in [6, 6.07) is 16.0. The molecule has 1 atom stereocenters. The fraction of sp³-hybridized carbons (Fsp3) is 0.276. The molecule has 0 fully saturated rings. The molecule has 0 saturated carbocycles. The van der Waals surface area contributed by atoms with Crippen LogP contribution in [0.2, 0.25) is 0 Å². The number of amides is 2. The molecular weight excluding hydrogens is 500 g/mol. The molecule has 0 aliphatic carbocycles. The van der Waals surface area contributed by atoms with E-state index in [2.05, 4.69) is 15.8 Å². The number of hydrogen-bond acceptors (Lipinski definition) is 8. The van der Waals surface area contributed by atoms with E-state index in [0.29, 0.717) is 12.0 Å². The van der Waals surface area contributed by atoms with Gasteiger partial charge in [0.25, 0.3) is 5.91 Å². The second kappa shape index (κ2) is 13.6. The Hall–Kier alpha value is -4.91. The van der Waals surface area contributed by atoms with Crippen LogP contribution in [-0.2, 0) is 20.9 Å². The normalized spacial score (nSPS) is 11.7. The molecule has 10 nitrogen and oxygen atoms in total. The summed E-state index contributed by atoms with van der Waals surface area (Å²) in [7, 11) is 0. The van der Waals surface area contributed by atoms with Crippen LogP contribution in [0.3, 0.4) is 0 Å². The first-order valence-electron chi connectivity index (χ1n) is 12.4. The zero-order valence-corrected chi connectivity index (χ0v) is 21.9. The van der Waals surface area contributed by atoms with Crippen molar-refractivity contribution < 1.29 is 29.0 Å². The Labute approximate surface area is 226 Å². The van der Waals surface area contributed by atoms with Crippen LogP contribution in [0.1, 0.15) is 54.2 Å². The second-order valence-corrected chi connectivity index (χ2v) is 9.06. The molecule has 0 bridgehead atoms. The van der Waals surface area contributed by atoms with Crippen LogP contribution < -0.4 is 10.7 Å². The van der Waals surface area contributed by atoms with E-state index in [9.17, 15) is 19.5 Å². The topological polar surface area (TPSA) is 150 Å². The monoisotopic (exact) mass is 530 g/mol. The maximum absolute atomic E-state index is 12.5. The molecule has 3 aromatic rings. The maximum atomic E-state index is 12.5. The van der Waals surface area contributed by atoms with Gasteiger partial charge in [-0.1, -0.05) is 50.2 Å². The first kappa shape index (κ1) is 28.7. The van der Waals surface area contributed by atoms with Crippen molar-refractivity contribution in [2.45, 2.75) is 39.8 Å². The van der Waals surface area contributed by atoms with Gasteiger partial charge in [0.05, 0.1) is 18.4 Å². The molecular formula is C29H30N4O6. The van der Waals surface area contributed by atoms with Crippen LogP contribution in [0.25, 0.3) is 10.8 Å². The van der Waals surface area contributed by atoms with E-state index in [1.807, 2.05) is 56.3 Å². The van der Waals surface area contributed by atoms with E-state index in [-0.39, 0.29) is 36.0 Å². The van der Waals surface area contributed by atoms with Crippen molar-refractivity contribution in [2.75, 3.05) is 6.61 Å². The van der Waals surface area contributed by atoms with Gasteiger partial charge in [-0.2, -0.15) is 10.4 Å². The molecule has 10 heteroatoms. The number of fused-ring (bicyclic) bond motifs is 1. The van der Waals surface area contributed by atoms with Gasteiger partial charge in [-0.05, 0) is 53.8 Å². The Morgan fingerprint density at radius 1 is 1.08 bits per heavy atom. The molecule has 0 aliphatic rings. The van der Waals surface area contributed by atoms with Gasteiger partial charge in [-0.25, -0.2) is 15.0 Å². The van der Waals surface area contributed by atoms with Crippen LogP contribution in [0.5, 0.6) is 5.75 Å². The summed E-state index contributed by atoms with van der Waals surface area (Å²) >= 11 is 0. The Morgan fingerprint density at radius 2 is 1.82 bits per heavy atom. The van der Waals surface area contributed by atoms with Gasteiger partial charge in [0.15, 0.2) is 0 Å². The average Bonchev–Trinajstić information content (AvgIpc) is 2.91. The molecule has 0 radical (unpaired) electrons. The van der Waals surface area contributed by atoms with Crippen molar-refractivity contribution >= 4 is 35.0 Å². The summed E-state index contributed by atoms with van der Waals surface area (Å²) in [5.74, 6) is -1.08. The summed E-state index contributed by atoms with van der Waals surface area (Å²) in [6.45, 7) is 5.78. The van der Waals surface area contributed by atoms with Gasteiger partial charge in [-0.15, -0.1) is 0 Å². The van der Waals surface area contributed by atoms with Crippen LogP contribution in [-0.4, -0.2) is 41.9 Å². The number of esters is 1. The highest BCUT2D eigenvalue weighted by atomic mass is 16.6. The number of aromatic hydroxyl groups is 1. The second-order valence-electron chi connectivity index (χ2n) is 9.06. The molecule has 3 aromatic carbocycles. The number of nitriles is 1. The number of ether oxygens (including phenoxy) is 2. The number of phenolic OH excluding ortho intramolecular Hbond substituents is 1. The lowest BCUT2D eigenvalue weighted by molar-refractivity contribution is -0.146. The molecule has 0 spiro atoms. The summed E-state index contributed by atoms with van der Waals surface area (Å²) in [4.78, 5) is 37.1. The lowest BCUT2D eigenvalue weighted by atomic mass is 10.0. The van der Waals surface area contributed by atoms with E-state index in [4.69, 9.17) is 14.7 Å². The highest BCUT2D eigenvalue weighted by Crippen LogP contribution is 2.23. The lowest BCUT2D eigenvalue weighted by Gasteiger charge is -2.19. The first-order chi connectivity index (χ1) is 18.7. The van der Waals surface area contributed by atoms with Crippen molar-refractivity contribution in [1.82, 2.24) is 10.7 Å². The zero-order valence-electron chi connectivity index (χ0n) is 21.9. The minimum Gasteiger partial charge on any atom is -0.507 e. The van der Waals surface area contributed by atoms with Crippen molar-refractivity contribution in [1.29, 1.82) is 5.26 Å². The van der Waals surface area contributed by atoms with Crippen LogP contribution in [0.15, 0.2) is 59.7 Å². The number of nitrogens with zero attached hydrogens (tertiary/aromatic N) is 2. The molecule has 1 unspecified atom stereocenters. The molecule has 2 amide bonds. The molecule has 0 heterocycles. The maximum Gasteiger partial charge on any atom is 0.408 e. The van der Waals surface area contributed by atoms with E-state index in [0.717, 1.165) is 16.3 Å². The zero-order chi connectivity index (χ0) is 28.4. The third-order valence-corrected chi connectivity index (χ3v) is 5.72. The molecule has 3 N–H and O–H groups in total. The molecule has 39 heavy (non-hydrogen) atoms. The van der Waals surface area contributed by atoms with Gasteiger partial charge >= 0.3 is 12.1 Å². The number of rotatable bonds is 10. The fourth-order valence-electron chi connectivity index (χ4n) is 3.89. The SMILES string of the molecule is CCOC(=O)C(CC(C)C)NC(=O)OCc1cccc2c(/C=N/NC(=O)c3ccc(O)c(C#N)c3)cccc12. The van der Waals surface area contributed by atoms with Gasteiger partial charge in [-0.3, -0.25) is 4.79 Å². The van der Waals surface area contributed by atoms with E-state index >= 15 is 0 Å². The predicted molar refractivity (Wildman–Crippen MR) is 145 cm³/mol. The van der Waals surface area contributed by atoms with E-state index < -0.39 is 24.0 Å². The number of carbonyl (C=O) groups is 3. The molecule has 0 saturated heterocycles. The predicted octanol–water partition coefficient (Wildman–Crippen LogP) is 4.38. The highest BCUT2D eigenvalue weighted by Gasteiger charge is 2.24. The Bertz CT molecular complexity index is 1430. The molecule has 0 aromatic heterocycles. The van der Waals surface area contributed by atoms with Crippen molar-refractivity contribution in [2.24, 2.45) is 11.0 Å². The number of hydrazone groups is 1. The van der Waals surface area contributed by atoms with Gasteiger partial charge in [0, 0.05) is 11.1 Å². The lowest BCUT2D eigenvalue weighted by Crippen LogP contribution is -2.42. The summed E-state index contributed by atoms with van der Waals surface area (Å²) < 4.78 is 10.5. The summed E-state index contributed by atoms with van der Waals surface area (Å²) in [6.07, 6.45) is 1.19. The van der Waals surface area contributed by atoms with Crippen LogP contribution in [0.4, 0.5) is 4.79 Å².